The van der Waals surface area contributed by atoms with E-state index < -0.39 is 0 Å². The lowest BCUT2D eigenvalue weighted by molar-refractivity contribution is 0.0732. The molecule has 5 heteroatoms. The fourth-order valence-electron chi connectivity index (χ4n) is 3.14. The molecule has 22 heavy (non-hydrogen) atoms. The van der Waals surface area contributed by atoms with Gasteiger partial charge in [0.25, 0.3) is 5.91 Å². The van der Waals surface area contributed by atoms with Crippen LogP contribution >= 0.6 is 0 Å². The first kappa shape index (κ1) is 14.8. The molecule has 3 rings (SSSR count). The van der Waals surface area contributed by atoms with Crippen molar-refractivity contribution >= 4 is 5.91 Å². The van der Waals surface area contributed by atoms with Gasteiger partial charge in [0, 0.05) is 25.0 Å². The monoisotopic (exact) mass is 298 g/mol. The third-order valence-corrected chi connectivity index (χ3v) is 4.31. The topological polar surface area (TPSA) is 51.0 Å². The van der Waals surface area contributed by atoms with Crippen LogP contribution < -0.4 is 0 Å². The van der Waals surface area contributed by atoms with Gasteiger partial charge in [0.05, 0.1) is 23.5 Å². The molecule has 1 aliphatic rings. The van der Waals surface area contributed by atoms with Gasteiger partial charge in [-0.15, -0.1) is 0 Å². The molecule has 1 aliphatic heterocycles. The predicted octanol–water partition coefficient (Wildman–Crippen LogP) is 2.97. The average Bonchev–Trinajstić information content (AvgIpc) is 3.16. The van der Waals surface area contributed by atoms with Crippen LogP contribution in [0.5, 0.6) is 0 Å². The summed E-state index contributed by atoms with van der Waals surface area (Å²) in [6.07, 6.45) is 6.51. The lowest BCUT2D eigenvalue weighted by Gasteiger charge is -2.24. The van der Waals surface area contributed by atoms with E-state index in [1.54, 1.807) is 12.4 Å². The number of nitrogens with zero attached hydrogens (tertiary/aromatic N) is 4. The van der Waals surface area contributed by atoms with Gasteiger partial charge >= 0.3 is 0 Å². The molecule has 0 aliphatic carbocycles. The summed E-state index contributed by atoms with van der Waals surface area (Å²) in [6.45, 7) is 5.73. The summed E-state index contributed by atoms with van der Waals surface area (Å²) in [4.78, 5) is 19.3. The van der Waals surface area contributed by atoms with Crippen LogP contribution in [-0.2, 0) is 6.54 Å². The maximum atomic E-state index is 12.9. The molecule has 1 saturated heterocycles. The Balaban J connectivity index is 1.85. The maximum absolute atomic E-state index is 12.9. The summed E-state index contributed by atoms with van der Waals surface area (Å²) < 4.78 is 1.92. The molecule has 0 saturated carbocycles. The molecule has 2 aromatic rings. The molecule has 0 N–H and O–H groups in total. The zero-order valence-electron chi connectivity index (χ0n) is 13.2. The largest absolute Gasteiger partial charge is 0.330 e. The number of carbonyl (C=O) groups is 1. The van der Waals surface area contributed by atoms with Crippen LogP contribution in [0.2, 0.25) is 0 Å². The van der Waals surface area contributed by atoms with Crippen molar-refractivity contribution in [3.8, 4) is 0 Å². The average molecular weight is 298 g/mol. The second kappa shape index (κ2) is 6.30. The van der Waals surface area contributed by atoms with Crippen molar-refractivity contribution < 1.29 is 4.79 Å². The Bertz CT molecular complexity index is 650. The molecule has 3 heterocycles. The van der Waals surface area contributed by atoms with E-state index in [4.69, 9.17) is 0 Å². The lowest BCUT2D eigenvalue weighted by Crippen LogP contribution is -2.31. The fourth-order valence-corrected chi connectivity index (χ4v) is 3.14. The highest BCUT2D eigenvalue weighted by Crippen LogP contribution is 2.32. The van der Waals surface area contributed by atoms with Crippen molar-refractivity contribution in [2.75, 3.05) is 6.54 Å². The van der Waals surface area contributed by atoms with Crippen LogP contribution in [0.25, 0.3) is 0 Å². The Hall–Kier alpha value is -2.17. The van der Waals surface area contributed by atoms with E-state index in [2.05, 4.69) is 17.0 Å². The summed E-state index contributed by atoms with van der Waals surface area (Å²) in [7, 11) is 0. The van der Waals surface area contributed by atoms with Gasteiger partial charge in [0.2, 0.25) is 0 Å². The summed E-state index contributed by atoms with van der Waals surface area (Å²) >= 11 is 0. The molecule has 116 valence electrons. The third-order valence-electron chi connectivity index (χ3n) is 4.31. The molecule has 0 spiro atoms. The molecule has 0 aromatic carbocycles. The minimum Gasteiger partial charge on any atom is -0.330 e. The Morgan fingerprint density at radius 1 is 1.41 bits per heavy atom. The van der Waals surface area contributed by atoms with Gasteiger partial charge in [-0.3, -0.25) is 14.5 Å². The summed E-state index contributed by atoms with van der Waals surface area (Å²) in [6, 6.07) is 5.98. The second-order valence-corrected chi connectivity index (χ2v) is 5.78. The molecular weight excluding hydrogens is 276 g/mol. The van der Waals surface area contributed by atoms with Crippen molar-refractivity contribution in [2.45, 2.75) is 45.7 Å². The van der Waals surface area contributed by atoms with E-state index in [9.17, 15) is 4.79 Å². The molecule has 1 amide bonds. The zero-order chi connectivity index (χ0) is 15.5. The number of pyridine rings is 1. The number of rotatable bonds is 4. The first-order valence-corrected chi connectivity index (χ1v) is 7.96. The van der Waals surface area contributed by atoms with E-state index in [1.165, 1.54) is 0 Å². The van der Waals surface area contributed by atoms with Gasteiger partial charge in [-0.25, -0.2) is 0 Å². The quantitative estimate of drug-likeness (QED) is 0.872. The van der Waals surface area contributed by atoms with Gasteiger partial charge < -0.3 is 4.90 Å². The number of hydrogen-bond acceptors (Lipinski definition) is 3. The van der Waals surface area contributed by atoms with Crippen LogP contribution in [0.15, 0.2) is 30.6 Å². The van der Waals surface area contributed by atoms with Gasteiger partial charge in [-0.2, -0.15) is 5.10 Å². The summed E-state index contributed by atoms with van der Waals surface area (Å²) in [5, 5.41) is 4.35. The standard InChI is InChI=1S/C17H22N4O/c1-3-10-21-13(2)14(12-19-21)17(22)20-11-6-8-16(20)15-7-4-5-9-18-15/h4-5,7,9,12,16H,3,6,8,10-11H2,1-2H3/t16-/m0/s1. The van der Waals surface area contributed by atoms with Crippen LogP contribution in [0.3, 0.4) is 0 Å². The van der Waals surface area contributed by atoms with Crippen molar-refractivity contribution in [3.63, 3.8) is 0 Å². The highest BCUT2D eigenvalue weighted by molar-refractivity contribution is 5.95. The Kier molecular flexibility index (Phi) is 4.22. The normalized spacial score (nSPS) is 17.9. The highest BCUT2D eigenvalue weighted by Gasteiger charge is 2.32. The summed E-state index contributed by atoms with van der Waals surface area (Å²) in [5.41, 5.74) is 2.65. The molecule has 2 aromatic heterocycles. The first-order valence-electron chi connectivity index (χ1n) is 7.96. The van der Waals surface area contributed by atoms with Crippen molar-refractivity contribution in [3.05, 3.63) is 47.5 Å². The molecular formula is C17H22N4O. The van der Waals surface area contributed by atoms with Crippen molar-refractivity contribution in [2.24, 2.45) is 0 Å². The number of carbonyl (C=O) groups excluding carboxylic acids is 1. The number of aryl methyl sites for hydroxylation is 1. The number of likely N-dealkylation sites (tertiary alicyclic amines) is 1. The lowest BCUT2D eigenvalue weighted by atomic mass is 10.1. The number of hydrogen-bond donors (Lipinski definition) is 0. The Morgan fingerprint density at radius 3 is 3.00 bits per heavy atom. The van der Waals surface area contributed by atoms with E-state index in [0.717, 1.165) is 49.3 Å². The van der Waals surface area contributed by atoms with E-state index in [1.807, 2.05) is 34.7 Å². The predicted molar refractivity (Wildman–Crippen MR) is 84.5 cm³/mol. The second-order valence-electron chi connectivity index (χ2n) is 5.78. The number of amides is 1. The van der Waals surface area contributed by atoms with Gasteiger partial charge in [-0.05, 0) is 38.3 Å². The molecule has 1 atom stereocenters. The fraction of sp³-hybridized carbons (Fsp3) is 0.471. The van der Waals surface area contributed by atoms with Gasteiger partial charge in [0.1, 0.15) is 0 Å². The van der Waals surface area contributed by atoms with Gasteiger partial charge in [-0.1, -0.05) is 13.0 Å². The Labute approximate surface area is 131 Å². The summed E-state index contributed by atoms with van der Waals surface area (Å²) in [5.74, 6) is 0.0769. The van der Waals surface area contributed by atoms with Crippen LogP contribution in [0, 0.1) is 6.92 Å². The third kappa shape index (κ3) is 2.63. The molecule has 0 bridgehead atoms. The van der Waals surface area contributed by atoms with E-state index in [-0.39, 0.29) is 11.9 Å². The Morgan fingerprint density at radius 2 is 2.27 bits per heavy atom. The minimum absolute atomic E-state index is 0.0769. The molecule has 0 unspecified atom stereocenters. The minimum atomic E-state index is 0.0769. The van der Waals surface area contributed by atoms with Crippen LogP contribution in [0.4, 0.5) is 0 Å². The molecule has 0 radical (unpaired) electrons. The first-order chi connectivity index (χ1) is 10.7. The van der Waals surface area contributed by atoms with Crippen molar-refractivity contribution in [1.29, 1.82) is 0 Å². The molecule has 5 nitrogen and oxygen atoms in total. The molecule has 1 fully saturated rings. The highest BCUT2D eigenvalue weighted by atomic mass is 16.2. The zero-order valence-corrected chi connectivity index (χ0v) is 13.2. The van der Waals surface area contributed by atoms with Gasteiger partial charge in [0.15, 0.2) is 0 Å². The number of aromatic nitrogens is 3. The smallest absolute Gasteiger partial charge is 0.257 e. The van der Waals surface area contributed by atoms with E-state index in [0.29, 0.717) is 0 Å². The van der Waals surface area contributed by atoms with Crippen molar-refractivity contribution in [1.82, 2.24) is 19.7 Å². The van der Waals surface area contributed by atoms with Crippen LogP contribution in [0.1, 0.15) is 54.0 Å². The van der Waals surface area contributed by atoms with Crippen LogP contribution in [-0.4, -0.2) is 32.1 Å². The maximum Gasteiger partial charge on any atom is 0.257 e. The van der Waals surface area contributed by atoms with E-state index >= 15 is 0 Å². The SMILES string of the molecule is CCCn1ncc(C(=O)N2CCC[C@H]2c2ccccn2)c1C.